The molecule has 0 heterocycles. The van der Waals surface area contributed by atoms with Crippen LogP contribution in [0.5, 0.6) is 5.75 Å². The first-order valence-corrected chi connectivity index (χ1v) is 9.28. The van der Waals surface area contributed by atoms with Crippen LogP contribution in [0.2, 0.25) is 0 Å². The van der Waals surface area contributed by atoms with Gasteiger partial charge in [-0.05, 0) is 35.4 Å². The highest BCUT2D eigenvalue weighted by Gasteiger charge is 2.20. The Morgan fingerprint density at radius 1 is 0.828 bits per heavy atom. The SMILES string of the molecule is NC(=O)NC(Cc1ccccc1)C(=O)Nc1ccc(OCc2ccccc2)cc1. The van der Waals surface area contributed by atoms with Crippen LogP contribution < -0.4 is 21.1 Å². The average molecular weight is 389 g/mol. The number of amides is 3. The van der Waals surface area contributed by atoms with Gasteiger partial charge < -0.3 is 21.1 Å². The van der Waals surface area contributed by atoms with Crippen molar-refractivity contribution in [1.82, 2.24) is 5.32 Å². The largest absolute Gasteiger partial charge is 0.489 e. The maximum Gasteiger partial charge on any atom is 0.312 e. The Kier molecular flexibility index (Phi) is 6.84. The minimum absolute atomic E-state index is 0.341. The Morgan fingerprint density at radius 2 is 1.41 bits per heavy atom. The van der Waals surface area contributed by atoms with Crippen molar-refractivity contribution < 1.29 is 14.3 Å². The fourth-order valence-corrected chi connectivity index (χ4v) is 2.84. The van der Waals surface area contributed by atoms with Gasteiger partial charge in [0.15, 0.2) is 0 Å². The molecular formula is C23H23N3O3. The first-order chi connectivity index (χ1) is 14.1. The Balaban J connectivity index is 1.59. The second kappa shape index (κ2) is 9.94. The molecule has 3 aromatic rings. The van der Waals surface area contributed by atoms with Gasteiger partial charge in [-0.25, -0.2) is 4.79 Å². The van der Waals surface area contributed by atoms with Gasteiger partial charge >= 0.3 is 6.03 Å². The van der Waals surface area contributed by atoms with Crippen molar-refractivity contribution in [3.8, 4) is 5.75 Å². The lowest BCUT2D eigenvalue weighted by molar-refractivity contribution is -0.117. The fourth-order valence-electron chi connectivity index (χ4n) is 2.84. The van der Waals surface area contributed by atoms with Gasteiger partial charge in [-0.2, -0.15) is 0 Å². The molecule has 3 rings (SSSR count). The average Bonchev–Trinajstić information content (AvgIpc) is 2.74. The highest BCUT2D eigenvalue weighted by molar-refractivity contribution is 5.97. The summed E-state index contributed by atoms with van der Waals surface area (Å²) in [6.45, 7) is 0.466. The highest BCUT2D eigenvalue weighted by Crippen LogP contribution is 2.17. The molecule has 0 aliphatic heterocycles. The van der Waals surface area contributed by atoms with Crippen LogP contribution in [-0.4, -0.2) is 18.0 Å². The van der Waals surface area contributed by atoms with Gasteiger partial charge in [-0.3, -0.25) is 4.79 Å². The number of nitrogens with one attached hydrogen (secondary N) is 2. The topological polar surface area (TPSA) is 93.5 Å². The fraction of sp³-hybridized carbons (Fsp3) is 0.130. The van der Waals surface area contributed by atoms with Crippen molar-refractivity contribution in [2.75, 3.05) is 5.32 Å². The van der Waals surface area contributed by atoms with Crippen LogP contribution >= 0.6 is 0 Å². The Morgan fingerprint density at radius 3 is 2.00 bits per heavy atom. The van der Waals surface area contributed by atoms with Crippen molar-refractivity contribution >= 4 is 17.6 Å². The predicted molar refractivity (Wildman–Crippen MR) is 112 cm³/mol. The summed E-state index contributed by atoms with van der Waals surface area (Å²) in [4.78, 5) is 23.9. The molecule has 3 aromatic carbocycles. The molecule has 0 fully saturated rings. The summed E-state index contributed by atoms with van der Waals surface area (Å²) in [5, 5.41) is 5.30. The van der Waals surface area contributed by atoms with E-state index in [1.165, 1.54) is 0 Å². The number of nitrogens with two attached hydrogens (primary N) is 1. The third-order valence-electron chi connectivity index (χ3n) is 4.29. The molecule has 0 spiro atoms. The number of hydrogen-bond donors (Lipinski definition) is 3. The van der Waals surface area contributed by atoms with Crippen LogP contribution in [0, 0.1) is 0 Å². The number of carbonyl (C=O) groups is 2. The molecule has 0 aliphatic carbocycles. The number of ether oxygens (including phenoxy) is 1. The predicted octanol–water partition coefficient (Wildman–Crippen LogP) is 3.48. The quantitative estimate of drug-likeness (QED) is 0.551. The molecule has 1 atom stereocenters. The lowest BCUT2D eigenvalue weighted by Gasteiger charge is -2.17. The third-order valence-corrected chi connectivity index (χ3v) is 4.29. The van der Waals surface area contributed by atoms with Gasteiger partial charge in [0.05, 0.1) is 0 Å². The van der Waals surface area contributed by atoms with E-state index in [1.807, 2.05) is 60.7 Å². The van der Waals surface area contributed by atoms with Gasteiger partial charge in [-0.1, -0.05) is 60.7 Å². The van der Waals surface area contributed by atoms with Crippen molar-refractivity contribution in [3.63, 3.8) is 0 Å². The first kappa shape index (κ1) is 19.9. The molecule has 6 heteroatoms. The number of urea groups is 1. The van der Waals surface area contributed by atoms with Gasteiger partial charge in [0.2, 0.25) is 5.91 Å². The van der Waals surface area contributed by atoms with Crippen LogP contribution in [0.3, 0.4) is 0 Å². The number of rotatable bonds is 8. The van der Waals surface area contributed by atoms with Crippen molar-refractivity contribution in [2.45, 2.75) is 19.1 Å². The van der Waals surface area contributed by atoms with E-state index in [0.717, 1.165) is 11.1 Å². The third kappa shape index (κ3) is 6.39. The molecule has 0 aromatic heterocycles. The Labute approximate surface area is 169 Å². The Bertz CT molecular complexity index is 929. The number of carbonyl (C=O) groups excluding carboxylic acids is 2. The zero-order valence-electron chi connectivity index (χ0n) is 15.9. The van der Waals surface area contributed by atoms with Gasteiger partial charge in [-0.15, -0.1) is 0 Å². The lowest BCUT2D eigenvalue weighted by atomic mass is 10.1. The summed E-state index contributed by atoms with van der Waals surface area (Å²) in [5.74, 6) is 0.355. The summed E-state index contributed by atoms with van der Waals surface area (Å²) < 4.78 is 5.74. The number of hydrogen-bond acceptors (Lipinski definition) is 3. The molecule has 4 N–H and O–H groups in total. The molecule has 0 radical (unpaired) electrons. The molecule has 6 nitrogen and oxygen atoms in total. The van der Waals surface area contributed by atoms with Crippen LogP contribution in [0.25, 0.3) is 0 Å². The van der Waals surface area contributed by atoms with E-state index in [4.69, 9.17) is 10.5 Å². The molecular weight excluding hydrogens is 366 g/mol. The number of benzene rings is 3. The van der Waals surface area contributed by atoms with Crippen molar-refractivity contribution in [2.24, 2.45) is 5.73 Å². The summed E-state index contributed by atoms with van der Waals surface area (Å²) in [6.07, 6.45) is 0.341. The number of primary amides is 1. The maximum atomic E-state index is 12.6. The first-order valence-electron chi connectivity index (χ1n) is 9.28. The summed E-state index contributed by atoms with van der Waals surface area (Å²) in [6, 6.07) is 24.8. The smallest absolute Gasteiger partial charge is 0.312 e. The zero-order chi connectivity index (χ0) is 20.5. The lowest BCUT2D eigenvalue weighted by Crippen LogP contribution is -2.47. The normalized spacial score (nSPS) is 11.3. The summed E-state index contributed by atoms with van der Waals surface area (Å²) in [5.41, 5.74) is 7.83. The minimum atomic E-state index is -0.774. The van der Waals surface area contributed by atoms with Crippen LogP contribution in [0.1, 0.15) is 11.1 Å². The van der Waals surface area contributed by atoms with Crippen molar-refractivity contribution in [1.29, 1.82) is 0 Å². The standard InChI is InChI=1S/C23H23N3O3/c24-23(28)26-21(15-17-7-3-1-4-8-17)22(27)25-19-11-13-20(14-12-19)29-16-18-9-5-2-6-10-18/h1-14,21H,15-16H2,(H,25,27)(H3,24,26,28). The second-order valence-electron chi connectivity index (χ2n) is 6.54. The van der Waals surface area contributed by atoms with E-state index in [2.05, 4.69) is 10.6 Å². The monoisotopic (exact) mass is 389 g/mol. The van der Waals surface area contributed by atoms with Gasteiger partial charge in [0.1, 0.15) is 18.4 Å². The van der Waals surface area contributed by atoms with E-state index in [9.17, 15) is 9.59 Å². The number of anilines is 1. The molecule has 148 valence electrons. The van der Waals surface area contributed by atoms with E-state index < -0.39 is 12.1 Å². The molecule has 29 heavy (non-hydrogen) atoms. The highest BCUT2D eigenvalue weighted by atomic mass is 16.5. The van der Waals surface area contributed by atoms with Crippen LogP contribution in [0.15, 0.2) is 84.9 Å². The Hall–Kier alpha value is -3.80. The molecule has 0 saturated carbocycles. The van der Waals surface area contributed by atoms with E-state index in [-0.39, 0.29) is 5.91 Å². The molecule has 0 aliphatic rings. The van der Waals surface area contributed by atoms with E-state index in [0.29, 0.717) is 24.5 Å². The van der Waals surface area contributed by atoms with Crippen LogP contribution in [-0.2, 0) is 17.8 Å². The van der Waals surface area contributed by atoms with E-state index >= 15 is 0 Å². The molecule has 3 amide bonds. The van der Waals surface area contributed by atoms with E-state index in [1.54, 1.807) is 24.3 Å². The van der Waals surface area contributed by atoms with Gasteiger partial charge in [0, 0.05) is 12.1 Å². The van der Waals surface area contributed by atoms with Crippen molar-refractivity contribution in [3.05, 3.63) is 96.1 Å². The van der Waals surface area contributed by atoms with Gasteiger partial charge in [0.25, 0.3) is 0 Å². The molecule has 0 saturated heterocycles. The zero-order valence-corrected chi connectivity index (χ0v) is 15.9. The second-order valence-corrected chi connectivity index (χ2v) is 6.54. The minimum Gasteiger partial charge on any atom is -0.489 e. The van der Waals surface area contributed by atoms with Crippen LogP contribution in [0.4, 0.5) is 10.5 Å². The maximum absolute atomic E-state index is 12.6. The molecule has 0 bridgehead atoms. The summed E-state index contributed by atoms with van der Waals surface area (Å²) in [7, 11) is 0. The molecule has 1 unspecified atom stereocenters. The summed E-state index contributed by atoms with van der Waals surface area (Å²) >= 11 is 0.